The van der Waals surface area contributed by atoms with Gasteiger partial charge in [0.15, 0.2) is 0 Å². The molecule has 3 nitrogen and oxygen atoms in total. The first-order valence-corrected chi connectivity index (χ1v) is 7.57. The van der Waals surface area contributed by atoms with Gasteiger partial charge in [0.2, 0.25) is 0 Å². The predicted molar refractivity (Wildman–Crippen MR) is 84.4 cm³/mol. The highest BCUT2D eigenvalue weighted by Gasteiger charge is 2.17. The first-order chi connectivity index (χ1) is 9.56. The Balaban J connectivity index is 2.27. The van der Waals surface area contributed by atoms with E-state index in [2.05, 4.69) is 25.0 Å². The van der Waals surface area contributed by atoms with Crippen LogP contribution in [0.1, 0.15) is 36.8 Å². The van der Waals surface area contributed by atoms with Crippen LogP contribution in [0, 0.1) is 0 Å². The monoisotopic (exact) mass is 311 g/mol. The van der Waals surface area contributed by atoms with Crippen molar-refractivity contribution < 1.29 is 0 Å². The van der Waals surface area contributed by atoms with E-state index in [1.807, 2.05) is 22.9 Å². The quantitative estimate of drug-likeness (QED) is 0.906. The van der Waals surface area contributed by atoms with Crippen molar-refractivity contribution in [3.8, 4) is 0 Å². The molecule has 1 atom stereocenters. The van der Waals surface area contributed by atoms with Crippen LogP contribution in [0.4, 0.5) is 0 Å². The fourth-order valence-electron chi connectivity index (χ4n) is 2.32. The molecule has 1 heterocycles. The highest BCUT2D eigenvalue weighted by Crippen LogP contribution is 2.30. The molecule has 0 radical (unpaired) electrons. The molecule has 0 aliphatic rings. The molecule has 2 aromatic rings. The van der Waals surface area contributed by atoms with Crippen LogP contribution in [0.3, 0.4) is 0 Å². The summed E-state index contributed by atoms with van der Waals surface area (Å²) in [6.07, 6.45) is 1.59. The van der Waals surface area contributed by atoms with Crippen LogP contribution in [0.15, 0.2) is 24.3 Å². The standard InChI is InChI=1S/C15H19Cl2N3/c1-3-10-8-11(20(4-2)19-10)9-14(18)15-12(16)6-5-7-13(15)17/h5-8,14H,3-4,9,18H2,1-2H3. The predicted octanol–water partition coefficient (Wildman–Crippen LogP) is 4.01. The van der Waals surface area contributed by atoms with Gasteiger partial charge in [-0.1, -0.05) is 36.2 Å². The number of rotatable bonds is 5. The van der Waals surface area contributed by atoms with Gasteiger partial charge in [0, 0.05) is 40.3 Å². The molecule has 1 aromatic heterocycles. The van der Waals surface area contributed by atoms with E-state index < -0.39 is 0 Å². The minimum Gasteiger partial charge on any atom is -0.324 e. The van der Waals surface area contributed by atoms with Crippen LogP contribution in [-0.2, 0) is 19.4 Å². The Hall–Kier alpha value is -1.03. The van der Waals surface area contributed by atoms with Crippen molar-refractivity contribution in [2.24, 2.45) is 5.73 Å². The highest BCUT2D eigenvalue weighted by molar-refractivity contribution is 6.36. The SMILES string of the molecule is CCc1cc(CC(N)c2c(Cl)cccc2Cl)n(CC)n1. The summed E-state index contributed by atoms with van der Waals surface area (Å²) in [6.45, 7) is 5.00. The second kappa shape index (κ2) is 6.61. The van der Waals surface area contributed by atoms with Gasteiger partial charge in [-0.25, -0.2) is 0 Å². The Bertz CT molecular complexity index is 573. The molecule has 0 bridgehead atoms. The lowest BCUT2D eigenvalue weighted by Gasteiger charge is -2.16. The molecule has 0 spiro atoms. The summed E-state index contributed by atoms with van der Waals surface area (Å²) in [7, 11) is 0. The maximum absolute atomic E-state index is 6.29. The van der Waals surface area contributed by atoms with Crippen molar-refractivity contribution in [3.05, 3.63) is 51.3 Å². The molecular formula is C15H19Cl2N3. The molecule has 0 saturated carbocycles. The van der Waals surface area contributed by atoms with Gasteiger partial charge in [-0.3, -0.25) is 4.68 Å². The van der Waals surface area contributed by atoms with Crippen molar-refractivity contribution in [2.75, 3.05) is 0 Å². The third-order valence-corrected chi connectivity index (χ3v) is 4.03. The maximum atomic E-state index is 6.29. The van der Waals surface area contributed by atoms with Crippen LogP contribution < -0.4 is 5.73 Å². The van der Waals surface area contributed by atoms with Gasteiger partial charge in [0.25, 0.3) is 0 Å². The molecule has 0 aliphatic heterocycles. The first-order valence-electron chi connectivity index (χ1n) is 6.81. The number of nitrogens with zero attached hydrogens (tertiary/aromatic N) is 2. The Morgan fingerprint density at radius 2 is 1.90 bits per heavy atom. The molecule has 0 amide bonds. The van der Waals surface area contributed by atoms with Gasteiger partial charge in [-0.05, 0) is 31.5 Å². The molecule has 5 heteroatoms. The summed E-state index contributed by atoms with van der Waals surface area (Å²) in [5.74, 6) is 0. The van der Waals surface area contributed by atoms with Gasteiger partial charge in [-0.2, -0.15) is 5.10 Å². The zero-order chi connectivity index (χ0) is 14.7. The Morgan fingerprint density at radius 3 is 2.45 bits per heavy atom. The van der Waals surface area contributed by atoms with Gasteiger partial charge in [-0.15, -0.1) is 0 Å². The lowest BCUT2D eigenvalue weighted by Crippen LogP contribution is -2.17. The Morgan fingerprint density at radius 1 is 1.25 bits per heavy atom. The molecule has 108 valence electrons. The topological polar surface area (TPSA) is 43.8 Å². The largest absolute Gasteiger partial charge is 0.324 e. The van der Waals surface area contributed by atoms with Crippen molar-refractivity contribution in [3.63, 3.8) is 0 Å². The van der Waals surface area contributed by atoms with Crippen LogP contribution in [0.5, 0.6) is 0 Å². The lowest BCUT2D eigenvalue weighted by atomic mass is 10.0. The molecule has 20 heavy (non-hydrogen) atoms. The van der Waals surface area contributed by atoms with Crippen molar-refractivity contribution >= 4 is 23.2 Å². The van der Waals surface area contributed by atoms with E-state index in [9.17, 15) is 0 Å². The Labute approximate surface area is 129 Å². The summed E-state index contributed by atoms with van der Waals surface area (Å²) in [5.41, 5.74) is 9.30. The summed E-state index contributed by atoms with van der Waals surface area (Å²) in [6, 6.07) is 7.33. The zero-order valence-corrected chi connectivity index (χ0v) is 13.2. The fourth-order valence-corrected chi connectivity index (χ4v) is 3.00. The van der Waals surface area contributed by atoms with Crippen molar-refractivity contribution in [2.45, 2.75) is 39.3 Å². The van der Waals surface area contributed by atoms with E-state index in [0.717, 1.165) is 29.9 Å². The highest BCUT2D eigenvalue weighted by atomic mass is 35.5. The molecule has 2 N–H and O–H groups in total. The van der Waals surface area contributed by atoms with Gasteiger partial charge in [0.05, 0.1) is 5.69 Å². The smallest absolute Gasteiger partial charge is 0.0624 e. The average Bonchev–Trinajstić information content (AvgIpc) is 2.80. The summed E-state index contributed by atoms with van der Waals surface area (Å²) in [5, 5.41) is 5.76. The second-order valence-corrected chi connectivity index (χ2v) is 5.56. The summed E-state index contributed by atoms with van der Waals surface area (Å²) >= 11 is 12.4. The van der Waals surface area contributed by atoms with Crippen LogP contribution in [0.25, 0.3) is 0 Å². The van der Waals surface area contributed by atoms with E-state index in [4.69, 9.17) is 28.9 Å². The fraction of sp³-hybridized carbons (Fsp3) is 0.400. The first kappa shape index (κ1) is 15.4. The number of hydrogen-bond donors (Lipinski definition) is 1. The van der Waals surface area contributed by atoms with E-state index in [1.165, 1.54) is 0 Å². The third-order valence-electron chi connectivity index (χ3n) is 3.38. The normalized spacial score (nSPS) is 12.7. The number of hydrogen-bond acceptors (Lipinski definition) is 2. The van der Waals surface area contributed by atoms with Crippen molar-refractivity contribution in [1.29, 1.82) is 0 Å². The number of benzene rings is 1. The molecule has 0 saturated heterocycles. The molecule has 1 aromatic carbocycles. The molecular weight excluding hydrogens is 293 g/mol. The number of aromatic nitrogens is 2. The van der Waals surface area contributed by atoms with E-state index in [-0.39, 0.29) is 6.04 Å². The Kier molecular flexibility index (Phi) is 5.08. The third kappa shape index (κ3) is 3.17. The van der Waals surface area contributed by atoms with Crippen molar-refractivity contribution in [1.82, 2.24) is 9.78 Å². The molecule has 0 aliphatic carbocycles. The second-order valence-electron chi connectivity index (χ2n) is 4.74. The number of nitrogens with two attached hydrogens (primary N) is 1. The van der Waals surface area contributed by atoms with Gasteiger partial charge >= 0.3 is 0 Å². The van der Waals surface area contributed by atoms with Crippen LogP contribution in [-0.4, -0.2) is 9.78 Å². The van der Waals surface area contributed by atoms with Gasteiger partial charge in [0.1, 0.15) is 0 Å². The summed E-state index contributed by atoms with van der Waals surface area (Å²) < 4.78 is 1.99. The maximum Gasteiger partial charge on any atom is 0.0624 e. The minimum atomic E-state index is -0.233. The van der Waals surface area contributed by atoms with Crippen LogP contribution in [0.2, 0.25) is 10.0 Å². The number of halogens is 2. The molecule has 0 fully saturated rings. The van der Waals surface area contributed by atoms with E-state index in [1.54, 1.807) is 0 Å². The average molecular weight is 312 g/mol. The van der Waals surface area contributed by atoms with Crippen LogP contribution >= 0.6 is 23.2 Å². The molecule has 2 rings (SSSR count). The number of aryl methyl sites for hydroxylation is 2. The zero-order valence-electron chi connectivity index (χ0n) is 11.7. The van der Waals surface area contributed by atoms with Gasteiger partial charge < -0.3 is 5.73 Å². The van der Waals surface area contributed by atoms with E-state index >= 15 is 0 Å². The van der Waals surface area contributed by atoms with E-state index in [0.29, 0.717) is 16.5 Å². The lowest BCUT2D eigenvalue weighted by molar-refractivity contribution is 0.585. The molecule has 1 unspecified atom stereocenters. The summed E-state index contributed by atoms with van der Waals surface area (Å²) in [4.78, 5) is 0. The minimum absolute atomic E-state index is 0.233.